The fraction of sp³-hybridized carbons (Fsp3) is 0.684. The van der Waals surface area contributed by atoms with Crippen molar-refractivity contribution in [2.45, 2.75) is 68.0 Å². The van der Waals surface area contributed by atoms with E-state index in [0.29, 0.717) is 0 Å². The molecule has 0 aliphatic carbocycles. The molecule has 1 atom stereocenters. The van der Waals surface area contributed by atoms with Crippen LogP contribution >= 0.6 is 11.8 Å². The Morgan fingerprint density at radius 2 is 1.65 bits per heavy atom. The monoisotopic (exact) mass is 338 g/mol. The van der Waals surface area contributed by atoms with E-state index in [9.17, 15) is 0 Å². The van der Waals surface area contributed by atoms with Crippen molar-refractivity contribution in [3.63, 3.8) is 0 Å². The summed E-state index contributed by atoms with van der Waals surface area (Å²) in [5, 5.41) is 0. The van der Waals surface area contributed by atoms with Gasteiger partial charge in [0.25, 0.3) is 0 Å². The van der Waals surface area contributed by atoms with Crippen LogP contribution in [0, 0.1) is 0 Å². The molecule has 0 N–H and O–H groups in total. The number of ether oxygens (including phenoxy) is 3. The smallest absolute Gasteiger partial charge is 0.157 e. The number of rotatable bonds is 12. The molecular formula is C19H30O3S. The molecule has 1 saturated heterocycles. The van der Waals surface area contributed by atoms with Gasteiger partial charge in [0.2, 0.25) is 0 Å². The van der Waals surface area contributed by atoms with E-state index in [2.05, 4.69) is 30.3 Å². The highest BCUT2D eigenvalue weighted by Crippen LogP contribution is 2.27. The van der Waals surface area contributed by atoms with Crippen molar-refractivity contribution in [2.24, 2.45) is 0 Å². The standard InChI is InChI=1S/C19H30O3S/c1-20-19(23-17-11-7-6-8-12-17)14-10-5-3-2-4-9-13-18-21-15-16-22-18/h6-8,11-12,18-19H,2-5,9-10,13-16H2,1H3. The first-order valence-corrected chi connectivity index (χ1v) is 9.74. The molecule has 0 bridgehead atoms. The summed E-state index contributed by atoms with van der Waals surface area (Å²) in [4.78, 5) is 1.29. The van der Waals surface area contributed by atoms with E-state index >= 15 is 0 Å². The van der Waals surface area contributed by atoms with Crippen LogP contribution in [-0.4, -0.2) is 32.0 Å². The Bertz CT molecular complexity index is 393. The molecule has 4 heteroatoms. The molecular weight excluding hydrogens is 308 g/mol. The van der Waals surface area contributed by atoms with Gasteiger partial charge in [-0.2, -0.15) is 0 Å². The fourth-order valence-corrected chi connectivity index (χ4v) is 3.78. The van der Waals surface area contributed by atoms with Gasteiger partial charge in [0.15, 0.2) is 6.29 Å². The van der Waals surface area contributed by atoms with Gasteiger partial charge in [-0.1, -0.05) is 55.6 Å². The SMILES string of the molecule is COC(CCCCCCCCC1OCCO1)Sc1ccccc1. The summed E-state index contributed by atoms with van der Waals surface area (Å²) in [5.74, 6) is 0. The predicted molar refractivity (Wildman–Crippen MR) is 95.7 cm³/mol. The second kappa shape index (κ2) is 11.9. The van der Waals surface area contributed by atoms with Crippen molar-refractivity contribution in [2.75, 3.05) is 20.3 Å². The van der Waals surface area contributed by atoms with Crippen LogP contribution in [0.4, 0.5) is 0 Å². The summed E-state index contributed by atoms with van der Waals surface area (Å²) in [5.41, 5.74) is 0.272. The number of benzene rings is 1. The Labute approximate surface area is 145 Å². The molecule has 1 aromatic carbocycles. The zero-order chi connectivity index (χ0) is 16.2. The van der Waals surface area contributed by atoms with Gasteiger partial charge in [-0.05, 0) is 37.8 Å². The highest BCUT2D eigenvalue weighted by molar-refractivity contribution is 7.99. The third kappa shape index (κ3) is 8.20. The fourth-order valence-electron chi connectivity index (χ4n) is 2.78. The lowest BCUT2D eigenvalue weighted by Crippen LogP contribution is -2.06. The molecule has 23 heavy (non-hydrogen) atoms. The number of methoxy groups -OCH3 is 1. The molecule has 0 radical (unpaired) electrons. The van der Waals surface area contributed by atoms with E-state index < -0.39 is 0 Å². The Kier molecular flexibility index (Phi) is 9.72. The second-order valence-electron chi connectivity index (χ2n) is 5.97. The van der Waals surface area contributed by atoms with E-state index in [1.54, 1.807) is 0 Å². The highest BCUT2D eigenvalue weighted by Gasteiger charge is 2.14. The van der Waals surface area contributed by atoms with Crippen molar-refractivity contribution in [1.82, 2.24) is 0 Å². The number of thioether (sulfide) groups is 1. The van der Waals surface area contributed by atoms with Crippen LogP contribution in [0.25, 0.3) is 0 Å². The van der Waals surface area contributed by atoms with Crippen molar-refractivity contribution in [3.8, 4) is 0 Å². The largest absolute Gasteiger partial charge is 0.370 e. The molecule has 0 spiro atoms. The number of hydrogen-bond donors (Lipinski definition) is 0. The molecule has 0 aromatic heterocycles. The average Bonchev–Trinajstić information content (AvgIpc) is 3.10. The Morgan fingerprint density at radius 1 is 1.00 bits per heavy atom. The van der Waals surface area contributed by atoms with E-state index in [1.807, 2.05) is 18.9 Å². The summed E-state index contributed by atoms with van der Waals surface area (Å²) in [7, 11) is 1.81. The van der Waals surface area contributed by atoms with Crippen molar-refractivity contribution >= 4 is 11.8 Å². The highest BCUT2D eigenvalue weighted by atomic mass is 32.2. The van der Waals surface area contributed by atoms with Gasteiger partial charge in [-0.25, -0.2) is 0 Å². The maximum Gasteiger partial charge on any atom is 0.157 e. The Balaban J connectivity index is 1.44. The lowest BCUT2D eigenvalue weighted by atomic mass is 10.1. The van der Waals surface area contributed by atoms with E-state index in [-0.39, 0.29) is 11.7 Å². The number of unbranched alkanes of at least 4 members (excludes halogenated alkanes) is 5. The first-order valence-electron chi connectivity index (χ1n) is 8.86. The molecule has 2 rings (SSSR count). The topological polar surface area (TPSA) is 27.7 Å². The van der Waals surface area contributed by atoms with Gasteiger partial charge in [0, 0.05) is 12.0 Å². The maximum atomic E-state index is 5.59. The van der Waals surface area contributed by atoms with Crippen molar-refractivity contribution in [3.05, 3.63) is 30.3 Å². The van der Waals surface area contributed by atoms with E-state index in [4.69, 9.17) is 14.2 Å². The average molecular weight is 339 g/mol. The molecule has 3 nitrogen and oxygen atoms in total. The molecule has 1 aliphatic heterocycles. The molecule has 1 aromatic rings. The van der Waals surface area contributed by atoms with Crippen molar-refractivity contribution in [1.29, 1.82) is 0 Å². The molecule has 1 unspecified atom stereocenters. The van der Waals surface area contributed by atoms with Crippen LogP contribution in [0.1, 0.15) is 51.4 Å². The van der Waals surface area contributed by atoms with Crippen LogP contribution in [0.15, 0.2) is 35.2 Å². The van der Waals surface area contributed by atoms with E-state index in [1.165, 1.54) is 43.4 Å². The summed E-state index contributed by atoms with van der Waals surface area (Å²) >= 11 is 1.82. The lowest BCUT2D eigenvalue weighted by molar-refractivity contribution is -0.0480. The lowest BCUT2D eigenvalue weighted by Gasteiger charge is -2.14. The minimum absolute atomic E-state index is 0.0764. The molecule has 1 aliphatic rings. The molecule has 0 saturated carbocycles. The summed E-state index contributed by atoms with van der Waals surface area (Å²) in [6.07, 6.45) is 9.94. The Morgan fingerprint density at radius 3 is 2.35 bits per heavy atom. The first-order chi connectivity index (χ1) is 11.4. The van der Waals surface area contributed by atoms with Crippen LogP contribution in [0.5, 0.6) is 0 Å². The summed E-state index contributed by atoms with van der Waals surface area (Å²) < 4.78 is 16.5. The van der Waals surface area contributed by atoms with Crippen LogP contribution < -0.4 is 0 Å². The third-order valence-corrected chi connectivity index (χ3v) is 5.33. The van der Waals surface area contributed by atoms with Crippen LogP contribution in [0.2, 0.25) is 0 Å². The van der Waals surface area contributed by atoms with Crippen molar-refractivity contribution < 1.29 is 14.2 Å². The van der Waals surface area contributed by atoms with Gasteiger partial charge in [0.05, 0.1) is 13.2 Å². The molecule has 130 valence electrons. The van der Waals surface area contributed by atoms with Gasteiger partial charge in [-0.15, -0.1) is 0 Å². The number of hydrogen-bond acceptors (Lipinski definition) is 4. The van der Waals surface area contributed by atoms with Gasteiger partial charge >= 0.3 is 0 Å². The molecule has 1 fully saturated rings. The molecule has 0 amide bonds. The summed E-state index contributed by atoms with van der Waals surface area (Å²) in [6.45, 7) is 1.54. The minimum Gasteiger partial charge on any atom is -0.370 e. The van der Waals surface area contributed by atoms with Gasteiger partial charge in [0.1, 0.15) is 5.44 Å². The summed E-state index contributed by atoms with van der Waals surface area (Å²) in [6, 6.07) is 10.5. The first kappa shape index (κ1) is 18.8. The minimum atomic E-state index is 0.0764. The van der Waals surface area contributed by atoms with Crippen LogP contribution in [0.3, 0.4) is 0 Å². The van der Waals surface area contributed by atoms with Gasteiger partial charge in [-0.3, -0.25) is 0 Å². The molecule has 1 heterocycles. The zero-order valence-electron chi connectivity index (χ0n) is 14.2. The van der Waals surface area contributed by atoms with Crippen LogP contribution in [-0.2, 0) is 14.2 Å². The normalized spacial score (nSPS) is 16.7. The Hall–Kier alpha value is -0.550. The quantitative estimate of drug-likeness (QED) is 0.296. The van der Waals surface area contributed by atoms with E-state index in [0.717, 1.165) is 26.1 Å². The maximum absolute atomic E-state index is 5.59. The second-order valence-corrected chi connectivity index (χ2v) is 7.20. The predicted octanol–water partition coefficient (Wildman–Crippen LogP) is 5.24. The zero-order valence-corrected chi connectivity index (χ0v) is 15.1. The van der Waals surface area contributed by atoms with Gasteiger partial charge < -0.3 is 14.2 Å². The third-order valence-electron chi connectivity index (χ3n) is 4.09.